The Morgan fingerprint density at radius 1 is 1.25 bits per heavy atom. The van der Waals surface area contributed by atoms with Crippen molar-refractivity contribution in [1.82, 2.24) is 0 Å². The number of ketones is 1. The van der Waals surface area contributed by atoms with E-state index in [1.807, 2.05) is 0 Å². The minimum Gasteiger partial charge on any atom is -0.390 e. The van der Waals surface area contributed by atoms with Crippen LogP contribution in [-0.2, 0) is 4.79 Å². The van der Waals surface area contributed by atoms with E-state index in [4.69, 9.17) is 11.6 Å². The maximum Gasteiger partial charge on any atom is 0.148 e. The average Bonchev–Trinajstić information content (AvgIpc) is 2.12. The van der Waals surface area contributed by atoms with Crippen LogP contribution < -0.4 is 0 Å². The summed E-state index contributed by atoms with van der Waals surface area (Å²) in [6.45, 7) is 0. The first-order valence-electron chi connectivity index (χ1n) is 6.33. The van der Waals surface area contributed by atoms with Gasteiger partial charge in [0.25, 0.3) is 0 Å². The highest BCUT2D eigenvalue weighted by Gasteiger charge is 2.57. The molecule has 1 N–H and O–H groups in total. The van der Waals surface area contributed by atoms with Crippen LogP contribution in [0, 0.1) is 17.3 Å². The van der Waals surface area contributed by atoms with Gasteiger partial charge in [0.1, 0.15) is 5.78 Å². The number of hydrogen-bond donors (Lipinski definition) is 1. The van der Waals surface area contributed by atoms with Gasteiger partial charge in [-0.3, -0.25) is 4.79 Å². The van der Waals surface area contributed by atoms with Crippen LogP contribution in [0.4, 0.5) is 0 Å². The maximum atomic E-state index is 11.6. The number of Topliss-reactive ketones (excluding diaryl/α,β-unsaturated/α-hetero) is 1. The normalized spacial score (nSPS) is 49.6. The zero-order valence-corrected chi connectivity index (χ0v) is 10.3. The van der Waals surface area contributed by atoms with Crippen LogP contribution in [0.15, 0.2) is 0 Å². The van der Waals surface area contributed by atoms with Crippen molar-refractivity contribution < 1.29 is 9.90 Å². The number of hydrogen-bond acceptors (Lipinski definition) is 2. The van der Waals surface area contributed by atoms with E-state index in [1.54, 1.807) is 0 Å². The van der Waals surface area contributed by atoms with E-state index >= 15 is 0 Å². The number of aliphatic hydroxyl groups is 1. The van der Waals surface area contributed by atoms with Crippen LogP contribution >= 0.6 is 11.6 Å². The van der Waals surface area contributed by atoms with Gasteiger partial charge in [-0.1, -0.05) is 0 Å². The Balaban J connectivity index is 1.83. The van der Waals surface area contributed by atoms with Gasteiger partial charge in [0.05, 0.1) is 11.5 Å². The van der Waals surface area contributed by atoms with Crippen molar-refractivity contribution >= 4 is 17.4 Å². The highest BCUT2D eigenvalue weighted by molar-refractivity contribution is 6.27. The number of carbonyl (C=O) groups excluding carboxylic acids is 1. The van der Waals surface area contributed by atoms with Gasteiger partial charge >= 0.3 is 0 Å². The summed E-state index contributed by atoms with van der Waals surface area (Å²) in [6, 6.07) is 0. The maximum absolute atomic E-state index is 11.6. The molecular formula is C13H19ClO2. The van der Waals surface area contributed by atoms with E-state index in [-0.39, 0.29) is 17.1 Å². The van der Waals surface area contributed by atoms with E-state index in [9.17, 15) is 9.90 Å². The summed E-state index contributed by atoms with van der Waals surface area (Å²) in [6.07, 6.45) is 6.96. The largest absolute Gasteiger partial charge is 0.390 e. The van der Waals surface area contributed by atoms with Crippen LogP contribution in [0.5, 0.6) is 0 Å². The number of carbonyl (C=O) groups is 1. The zero-order valence-electron chi connectivity index (χ0n) is 9.54. The molecule has 2 atom stereocenters. The van der Waals surface area contributed by atoms with Crippen LogP contribution in [0.3, 0.4) is 0 Å². The number of rotatable bonds is 3. The van der Waals surface area contributed by atoms with E-state index in [2.05, 4.69) is 0 Å². The fourth-order valence-electron chi connectivity index (χ4n) is 5.07. The lowest BCUT2D eigenvalue weighted by molar-refractivity contribution is -0.168. The summed E-state index contributed by atoms with van der Waals surface area (Å²) in [5.74, 6) is 1.62. The van der Waals surface area contributed by atoms with Crippen LogP contribution in [0.25, 0.3) is 0 Å². The quantitative estimate of drug-likeness (QED) is 0.773. The smallest absolute Gasteiger partial charge is 0.148 e. The van der Waals surface area contributed by atoms with Crippen molar-refractivity contribution in [3.05, 3.63) is 0 Å². The summed E-state index contributed by atoms with van der Waals surface area (Å²) in [5.41, 5.74) is -0.346. The molecule has 0 amide bonds. The second-order valence-electron chi connectivity index (χ2n) is 6.53. The SMILES string of the molecule is O=C(CCl)CC12CC3CC(CC(O)(C3)C1)C2. The highest BCUT2D eigenvalue weighted by atomic mass is 35.5. The summed E-state index contributed by atoms with van der Waals surface area (Å²) < 4.78 is 0. The molecule has 16 heavy (non-hydrogen) atoms. The Morgan fingerprint density at radius 2 is 1.88 bits per heavy atom. The van der Waals surface area contributed by atoms with Gasteiger partial charge in [-0.15, -0.1) is 11.6 Å². The van der Waals surface area contributed by atoms with Gasteiger partial charge in [0, 0.05) is 6.42 Å². The minimum atomic E-state index is -0.448. The number of halogens is 1. The topological polar surface area (TPSA) is 37.3 Å². The lowest BCUT2D eigenvalue weighted by Gasteiger charge is -2.60. The average molecular weight is 243 g/mol. The third-order valence-electron chi connectivity index (χ3n) is 4.87. The monoisotopic (exact) mass is 242 g/mol. The fraction of sp³-hybridized carbons (Fsp3) is 0.923. The third kappa shape index (κ3) is 1.70. The van der Waals surface area contributed by atoms with Crippen molar-refractivity contribution in [2.24, 2.45) is 17.3 Å². The number of alkyl halides is 1. The molecule has 0 aromatic carbocycles. The van der Waals surface area contributed by atoms with Crippen molar-refractivity contribution in [1.29, 1.82) is 0 Å². The summed E-state index contributed by atoms with van der Waals surface area (Å²) >= 11 is 5.61. The van der Waals surface area contributed by atoms with Crippen LogP contribution in [0.1, 0.15) is 44.9 Å². The Kier molecular flexibility index (Phi) is 2.38. The second kappa shape index (κ2) is 3.46. The Hall–Kier alpha value is -0.0800. The molecule has 0 aliphatic heterocycles. The highest BCUT2D eigenvalue weighted by Crippen LogP contribution is 2.62. The summed E-state index contributed by atoms with van der Waals surface area (Å²) in [4.78, 5) is 11.6. The van der Waals surface area contributed by atoms with E-state index < -0.39 is 5.60 Å². The van der Waals surface area contributed by atoms with Crippen molar-refractivity contribution in [3.8, 4) is 0 Å². The van der Waals surface area contributed by atoms with Crippen molar-refractivity contribution in [2.75, 3.05) is 5.88 Å². The molecule has 4 saturated carbocycles. The van der Waals surface area contributed by atoms with E-state index in [1.165, 1.54) is 6.42 Å². The molecule has 2 nitrogen and oxygen atoms in total. The molecule has 0 spiro atoms. The molecule has 0 heterocycles. The molecule has 0 saturated heterocycles. The molecule has 2 unspecified atom stereocenters. The molecule has 4 rings (SSSR count). The van der Waals surface area contributed by atoms with Crippen molar-refractivity contribution in [2.45, 2.75) is 50.5 Å². The Bertz CT molecular complexity index is 312. The van der Waals surface area contributed by atoms with Gasteiger partial charge in [-0.2, -0.15) is 0 Å². The molecule has 4 aliphatic carbocycles. The zero-order chi connectivity index (χ0) is 11.4. The summed E-state index contributed by atoms with van der Waals surface area (Å²) in [5, 5.41) is 10.5. The van der Waals surface area contributed by atoms with E-state index in [0.717, 1.165) is 32.1 Å². The van der Waals surface area contributed by atoms with Gasteiger partial charge in [0.15, 0.2) is 0 Å². The molecule has 0 aromatic rings. The molecule has 0 radical (unpaired) electrons. The van der Waals surface area contributed by atoms with E-state index in [0.29, 0.717) is 18.3 Å². The lowest BCUT2D eigenvalue weighted by Crippen LogP contribution is -2.56. The summed E-state index contributed by atoms with van der Waals surface area (Å²) in [7, 11) is 0. The minimum absolute atomic E-state index is 0.102. The molecule has 90 valence electrons. The Labute approximate surface area is 101 Å². The van der Waals surface area contributed by atoms with Crippen LogP contribution in [0.2, 0.25) is 0 Å². The standard InChI is InChI=1S/C13H19ClO2/c14-7-11(15)6-12-2-9-1-10(3-12)5-13(16,4-9)8-12/h9-10,16H,1-8H2. The van der Waals surface area contributed by atoms with Gasteiger partial charge in [-0.25, -0.2) is 0 Å². The van der Waals surface area contributed by atoms with Gasteiger partial charge in [-0.05, 0) is 55.8 Å². The first kappa shape index (κ1) is 11.0. The third-order valence-corrected chi connectivity index (χ3v) is 5.17. The molecule has 4 aliphatic rings. The molecular weight excluding hydrogens is 224 g/mol. The first-order chi connectivity index (χ1) is 7.53. The molecule has 4 fully saturated rings. The van der Waals surface area contributed by atoms with Crippen molar-refractivity contribution in [3.63, 3.8) is 0 Å². The molecule has 3 heteroatoms. The molecule has 4 bridgehead atoms. The predicted octanol–water partition coefficient (Wildman–Crippen LogP) is 2.52. The second-order valence-corrected chi connectivity index (χ2v) is 6.80. The Morgan fingerprint density at radius 3 is 2.38 bits per heavy atom. The lowest BCUT2D eigenvalue weighted by atomic mass is 9.47. The predicted molar refractivity (Wildman–Crippen MR) is 62.4 cm³/mol. The fourth-order valence-corrected chi connectivity index (χ4v) is 5.17. The molecule has 0 aromatic heterocycles. The van der Waals surface area contributed by atoms with Gasteiger partial charge < -0.3 is 5.11 Å². The first-order valence-corrected chi connectivity index (χ1v) is 6.86. The van der Waals surface area contributed by atoms with Gasteiger partial charge in [0.2, 0.25) is 0 Å². The van der Waals surface area contributed by atoms with Crippen LogP contribution in [-0.4, -0.2) is 22.4 Å².